The highest BCUT2D eigenvalue weighted by molar-refractivity contribution is 6.45. The van der Waals surface area contributed by atoms with Crippen LogP contribution in [0, 0.1) is 12.7 Å². The first kappa shape index (κ1) is 19.3. The van der Waals surface area contributed by atoms with E-state index in [0.29, 0.717) is 35.6 Å². The van der Waals surface area contributed by atoms with Crippen LogP contribution in [0.2, 0.25) is 0 Å². The molecule has 0 aliphatic carbocycles. The van der Waals surface area contributed by atoms with Gasteiger partial charge in [-0.3, -0.25) is 9.59 Å². The van der Waals surface area contributed by atoms with E-state index in [0.717, 1.165) is 5.56 Å². The van der Waals surface area contributed by atoms with E-state index in [1.54, 1.807) is 24.3 Å². The van der Waals surface area contributed by atoms with E-state index in [1.165, 1.54) is 17.0 Å². The number of halogens is 1. The average Bonchev–Trinajstić information content (AvgIpc) is 2.93. The quantitative estimate of drug-likeness (QED) is 0.748. The molecule has 6 heteroatoms. The molecule has 0 spiro atoms. The molecule has 2 unspecified atom stereocenters. The van der Waals surface area contributed by atoms with E-state index in [4.69, 9.17) is 4.74 Å². The predicted octanol–water partition coefficient (Wildman–Crippen LogP) is 3.53. The van der Waals surface area contributed by atoms with Gasteiger partial charge in [-0.15, -0.1) is 0 Å². The van der Waals surface area contributed by atoms with Gasteiger partial charge in [0.25, 0.3) is 11.8 Å². The van der Waals surface area contributed by atoms with Crippen molar-refractivity contribution in [2.75, 3.05) is 18.0 Å². The number of carbonyl (C=O) groups is 2. The lowest BCUT2D eigenvalue weighted by Crippen LogP contribution is -2.47. The predicted molar refractivity (Wildman–Crippen MR) is 109 cm³/mol. The first-order valence-electron chi connectivity index (χ1n) is 9.71. The molecule has 2 aliphatic heterocycles. The summed E-state index contributed by atoms with van der Waals surface area (Å²) in [6.45, 7) is 6.84. The number of hydrogen-bond donors (Lipinski definition) is 0. The highest BCUT2D eigenvalue weighted by Gasteiger charge is 2.43. The molecule has 0 radical (unpaired) electrons. The molecule has 4 rings (SSSR count). The maximum Gasteiger partial charge on any atom is 0.282 e. The lowest BCUT2D eigenvalue weighted by Gasteiger charge is -2.37. The number of amides is 2. The summed E-state index contributed by atoms with van der Waals surface area (Å²) in [5.41, 5.74) is 2.74. The van der Waals surface area contributed by atoms with E-state index in [1.807, 2.05) is 37.8 Å². The van der Waals surface area contributed by atoms with Crippen LogP contribution in [0.25, 0.3) is 5.57 Å². The van der Waals surface area contributed by atoms with E-state index in [-0.39, 0.29) is 18.1 Å². The molecule has 2 aromatic carbocycles. The van der Waals surface area contributed by atoms with Gasteiger partial charge < -0.3 is 9.64 Å². The van der Waals surface area contributed by atoms with Gasteiger partial charge in [0.05, 0.1) is 23.5 Å². The molecule has 1 saturated heterocycles. The highest BCUT2D eigenvalue weighted by atomic mass is 19.1. The Balaban J connectivity index is 1.82. The Morgan fingerprint density at radius 1 is 0.897 bits per heavy atom. The van der Waals surface area contributed by atoms with Gasteiger partial charge in [0.1, 0.15) is 11.5 Å². The van der Waals surface area contributed by atoms with Gasteiger partial charge in [0, 0.05) is 13.1 Å². The van der Waals surface area contributed by atoms with E-state index in [2.05, 4.69) is 0 Å². The molecule has 0 saturated carbocycles. The molecule has 0 aromatic heterocycles. The van der Waals surface area contributed by atoms with Crippen LogP contribution in [0.3, 0.4) is 0 Å². The van der Waals surface area contributed by atoms with Crippen molar-refractivity contribution in [2.24, 2.45) is 0 Å². The molecule has 2 heterocycles. The van der Waals surface area contributed by atoms with E-state index in [9.17, 15) is 14.0 Å². The number of benzene rings is 2. The fourth-order valence-electron chi connectivity index (χ4n) is 3.98. The zero-order chi connectivity index (χ0) is 20.7. The largest absolute Gasteiger partial charge is 0.372 e. The summed E-state index contributed by atoms with van der Waals surface area (Å²) in [6.07, 6.45) is -0.144. The summed E-state index contributed by atoms with van der Waals surface area (Å²) < 4.78 is 19.3. The monoisotopic (exact) mass is 394 g/mol. The van der Waals surface area contributed by atoms with Crippen molar-refractivity contribution in [3.05, 3.63) is 71.2 Å². The van der Waals surface area contributed by atoms with Crippen molar-refractivity contribution in [3.8, 4) is 0 Å². The Hall–Kier alpha value is -2.99. The van der Waals surface area contributed by atoms with Crippen molar-refractivity contribution in [3.63, 3.8) is 0 Å². The second-order valence-electron chi connectivity index (χ2n) is 7.67. The van der Waals surface area contributed by atoms with Gasteiger partial charge in [-0.05, 0) is 50.6 Å². The van der Waals surface area contributed by atoms with Crippen LogP contribution >= 0.6 is 0 Å². The van der Waals surface area contributed by atoms with Crippen molar-refractivity contribution in [1.29, 1.82) is 0 Å². The average molecular weight is 394 g/mol. The second-order valence-corrected chi connectivity index (χ2v) is 7.67. The molecule has 2 aliphatic rings. The third-order valence-electron chi connectivity index (χ3n) is 5.22. The van der Waals surface area contributed by atoms with Crippen LogP contribution < -0.4 is 4.90 Å². The van der Waals surface area contributed by atoms with Gasteiger partial charge in [-0.1, -0.05) is 29.8 Å². The van der Waals surface area contributed by atoms with Crippen molar-refractivity contribution in [2.45, 2.75) is 33.0 Å². The second kappa shape index (κ2) is 7.44. The summed E-state index contributed by atoms with van der Waals surface area (Å²) in [6, 6.07) is 13.0. The van der Waals surface area contributed by atoms with Crippen LogP contribution in [-0.2, 0) is 14.3 Å². The number of hydrogen-bond acceptors (Lipinski definition) is 4. The minimum atomic E-state index is -0.396. The molecule has 5 nitrogen and oxygen atoms in total. The third-order valence-corrected chi connectivity index (χ3v) is 5.22. The number of anilines is 1. The Morgan fingerprint density at radius 2 is 1.48 bits per heavy atom. The molecule has 150 valence electrons. The summed E-state index contributed by atoms with van der Waals surface area (Å²) in [7, 11) is 0. The van der Waals surface area contributed by atoms with Gasteiger partial charge in [0.15, 0.2) is 0 Å². The zero-order valence-corrected chi connectivity index (χ0v) is 16.7. The lowest BCUT2D eigenvalue weighted by atomic mass is 10.0. The first-order chi connectivity index (χ1) is 13.8. The maximum absolute atomic E-state index is 13.5. The molecule has 2 amide bonds. The molecule has 2 aromatic rings. The topological polar surface area (TPSA) is 49.9 Å². The Kier molecular flexibility index (Phi) is 4.96. The zero-order valence-electron chi connectivity index (χ0n) is 16.7. The minimum absolute atomic E-state index is 0.0722. The van der Waals surface area contributed by atoms with Crippen LogP contribution in [0.5, 0.6) is 0 Å². The molecule has 1 fully saturated rings. The Morgan fingerprint density at radius 3 is 2.07 bits per heavy atom. The smallest absolute Gasteiger partial charge is 0.282 e. The number of morpholine rings is 1. The number of rotatable bonds is 3. The maximum atomic E-state index is 13.5. The van der Waals surface area contributed by atoms with Gasteiger partial charge in [-0.2, -0.15) is 0 Å². The van der Waals surface area contributed by atoms with Gasteiger partial charge in [-0.25, -0.2) is 9.29 Å². The summed E-state index contributed by atoms with van der Waals surface area (Å²) >= 11 is 0. The van der Waals surface area contributed by atoms with Crippen LogP contribution in [0.15, 0.2) is 54.2 Å². The number of aryl methyl sites for hydroxylation is 1. The first-order valence-corrected chi connectivity index (χ1v) is 9.71. The minimum Gasteiger partial charge on any atom is -0.372 e. The summed E-state index contributed by atoms with van der Waals surface area (Å²) in [4.78, 5) is 30.0. The fourth-order valence-corrected chi connectivity index (χ4v) is 3.98. The van der Waals surface area contributed by atoms with Crippen LogP contribution in [-0.4, -0.2) is 42.0 Å². The van der Waals surface area contributed by atoms with Crippen molar-refractivity contribution in [1.82, 2.24) is 4.90 Å². The van der Waals surface area contributed by atoms with Crippen molar-refractivity contribution >= 4 is 23.1 Å². The molecule has 0 bridgehead atoms. The van der Waals surface area contributed by atoms with E-state index >= 15 is 0 Å². The molecular weight excluding hydrogens is 371 g/mol. The number of nitrogens with zero attached hydrogens (tertiary/aromatic N) is 2. The molecule has 0 N–H and O–H groups in total. The standard InChI is InChI=1S/C23H23FN2O3/c1-14-4-10-19(11-5-14)26-22(27)20(17-6-8-18(24)9-7-17)21(23(26)28)25-12-15(2)29-16(3)13-25/h4-11,15-16H,12-13H2,1-3H3. The Labute approximate surface area is 169 Å². The number of ether oxygens (including phenoxy) is 1. The summed E-state index contributed by atoms with van der Waals surface area (Å²) in [5, 5.41) is 0. The molecular formula is C23H23FN2O3. The number of imide groups is 1. The summed E-state index contributed by atoms with van der Waals surface area (Å²) in [5.74, 6) is -1.15. The lowest BCUT2D eigenvalue weighted by molar-refractivity contribution is -0.121. The normalized spacial score (nSPS) is 22.6. The van der Waals surface area contributed by atoms with Crippen LogP contribution in [0.4, 0.5) is 10.1 Å². The molecule has 2 atom stereocenters. The Bertz CT molecular complexity index is 972. The SMILES string of the molecule is Cc1ccc(N2C(=O)C(c3ccc(F)cc3)=C(N3CC(C)OC(C)C3)C2=O)cc1. The number of carbonyl (C=O) groups excluding carboxylic acids is 2. The fraction of sp³-hybridized carbons (Fsp3) is 0.304. The van der Waals surface area contributed by atoms with Gasteiger partial charge >= 0.3 is 0 Å². The third kappa shape index (κ3) is 3.56. The van der Waals surface area contributed by atoms with Crippen LogP contribution in [0.1, 0.15) is 25.0 Å². The van der Waals surface area contributed by atoms with Crippen molar-refractivity contribution < 1.29 is 18.7 Å². The van der Waals surface area contributed by atoms with E-state index < -0.39 is 11.7 Å². The highest BCUT2D eigenvalue weighted by Crippen LogP contribution is 2.36. The molecule has 29 heavy (non-hydrogen) atoms. The van der Waals surface area contributed by atoms with Gasteiger partial charge in [0.2, 0.25) is 0 Å².